The van der Waals surface area contributed by atoms with Gasteiger partial charge in [0.1, 0.15) is 0 Å². The number of amides is 2. The number of nitrogens with two attached hydrogens (primary N) is 1. The van der Waals surface area contributed by atoms with Crippen molar-refractivity contribution in [3.05, 3.63) is 12.2 Å². The molecule has 1 aliphatic rings. The van der Waals surface area contributed by atoms with E-state index in [0.717, 1.165) is 0 Å². The van der Waals surface area contributed by atoms with Crippen LogP contribution in [0.25, 0.3) is 0 Å². The number of halogens is 3. The van der Waals surface area contributed by atoms with Crippen LogP contribution in [0.2, 0.25) is 0 Å². The summed E-state index contributed by atoms with van der Waals surface area (Å²) in [4.78, 5) is 22.9. The molecule has 0 atom stereocenters. The number of hydrogen-bond donors (Lipinski definition) is 3. The van der Waals surface area contributed by atoms with E-state index >= 15 is 0 Å². The second-order valence-electron chi connectivity index (χ2n) is 4.44. The molecular weight excluding hydrogens is 279 g/mol. The zero-order valence-electron chi connectivity index (χ0n) is 10.6. The molecule has 114 valence electrons. The molecule has 0 radical (unpaired) electrons. The molecular formula is C11H16F3N3O3. The molecule has 1 fully saturated rings. The predicted octanol–water partition coefficient (Wildman–Crippen LogP) is 0.354. The first-order valence-electron chi connectivity index (χ1n) is 5.95. The van der Waals surface area contributed by atoms with Gasteiger partial charge in [0, 0.05) is 11.5 Å². The van der Waals surface area contributed by atoms with Gasteiger partial charge in [0.25, 0.3) is 5.91 Å². The van der Waals surface area contributed by atoms with Crippen LogP contribution < -0.4 is 16.6 Å². The summed E-state index contributed by atoms with van der Waals surface area (Å²) in [7, 11) is 0. The summed E-state index contributed by atoms with van der Waals surface area (Å²) in [5.41, 5.74) is 9.69. The third-order valence-electron chi connectivity index (χ3n) is 2.83. The van der Waals surface area contributed by atoms with Crippen molar-refractivity contribution in [3.63, 3.8) is 0 Å². The molecule has 6 nitrogen and oxygen atoms in total. The van der Waals surface area contributed by atoms with E-state index in [2.05, 4.69) is 22.2 Å². The Balaban J connectivity index is 2.23. The van der Waals surface area contributed by atoms with Crippen LogP contribution in [0.3, 0.4) is 0 Å². The predicted molar refractivity (Wildman–Crippen MR) is 62.7 cm³/mol. The molecule has 0 aromatic heterocycles. The van der Waals surface area contributed by atoms with Gasteiger partial charge >= 0.3 is 6.36 Å². The summed E-state index contributed by atoms with van der Waals surface area (Å²) in [6.45, 7) is 3.71. The summed E-state index contributed by atoms with van der Waals surface area (Å²) in [6.07, 6.45) is -5.49. The lowest BCUT2D eigenvalue weighted by molar-refractivity contribution is -0.353. The highest BCUT2D eigenvalue weighted by Gasteiger charge is 2.42. The minimum absolute atomic E-state index is 0.0367. The van der Waals surface area contributed by atoms with Crippen molar-refractivity contribution in [2.24, 2.45) is 11.7 Å². The number of alkyl halides is 3. The molecule has 0 aromatic carbocycles. The van der Waals surface area contributed by atoms with Gasteiger partial charge in [0.2, 0.25) is 5.91 Å². The zero-order chi connectivity index (χ0) is 15.3. The summed E-state index contributed by atoms with van der Waals surface area (Å²) in [6, 6.07) is 0. The molecule has 0 saturated heterocycles. The van der Waals surface area contributed by atoms with E-state index in [0.29, 0.717) is 0 Å². The van der Waals surface area contributed by atoms with E-state index in [1.165, 1.54) is 0 Å². The van der Waals surface area contributed by atoms with Gasteiger partial charge in [-0.1, -0.05) is 6.58 Å². The van der Waals surface area contributed by atoms with Crippen molar-refractivity contribution in [2.75, 3.05) is 6.54 Å². The van der Waals surface area contributed by atoms with Crippen molar-refractivity contribution in [3.8, 4) is 0 Å². The number of hydrazine groups is 1. The van der Waals surface area contributed by atoms with Crippen LogP contribution in [0.5, 0.6) is 0 Å². The smallest absolute Gasteiger partial charge is 0.330 e. The van der Waals surface area contributed by atoms with Crippen molar-refractivity contribution in [2.45, 2.75) is 31.7 Å². The number of carbonyl (C=O) groups is 2. The quantitative estimate of drug-likeness (QED) is 0.504. The van der Waals surface area contributed by atoms with E-state index in [-0.39, 0.29) is 31.4 Å². The van der Waals surface area contributed by atoms with Gasteiger partial charge in [-0.25, -0.2) is 0 Å². The summed E-state index contributed by atoms with van der Waals surface area (Å²) in [5, 5.41) is 0. The van der Waals surface area contributed by atoms with E-state index < -0.39 is 30.2 Å². The van der Waals surface area contributed by atoms with Crippen LogP contribution in [0.15, 0.2) is 12.2 Å². The Morgan fingerprint density at radius 2 is 1.90 bits per heavy atom. The van der Waals surface area contributed by atoms with Gasteiger partial charge in [-0.3, -0.25) is 25.2 Å². The normalized spacial score (nSPS) is 21.8. The molecule has 20 heavy (non-hydrogen) atoms. The largest absolute Gasteiger partial charge is 0.522 e. The lowest BCUT2D eigenvalue weighted by Gasteiger charge is -2.34. The molecule has 1 rings (SSSR count). The topological polar surface area (TPSA) is 93.5 Å². The van der Waals surface area contributed by atoms with Gasteiger partial charge in [-0.2, -0.15) is 0 Å². The molecule has 0 unspecified atom stereocenters. The van der Waals surface area contributed by atoms with E-state index in [4.69, 9.17) is 5.73 Å². The van der Waals surface area contributed by atoms with Crippen LogP contribution >= 0.6 is 0 Å². The monoisotopic (exact) mass is 295 g/mol. The maximum absolute atomic E-state index is 11.9. The fourth-order valence-electron chi connectivity index (χ4n) is 1.66. The van der Waals surface area contributed by atoms with Crippen LogP contribution in [0.1, 0.15) is 19.3 Å². The number of rotatable bonds is 5. The standard InChI is InChI=1S/C11H16F3N3O3/c1-6(2-3-15)9(18)16-17-10(19)7-4-8(5-7)20-11(12,13)14/h7-8H,1-5,15H2,(H,16,18)(H,17,19). The number of hydrogen-bond acceptors (Lipinski definition) is 4. The SMILES string of the molecule is C=C(CCN)C(=O)NNC(=O)C1CC(OC(F)(F)F)C1. The van der Waals surface area contributed by atoms with Gasteiger partial charge in [-0.05, 0) is 25.8 Å². The third kappa shape index (κ3) is 5.17. The van der Waals surface area contributed by atoms with Gasteiger partial charge in [-0.15, -0.1) is 13.2 Å². The van der Waals surface area contributed by atoms with Crippen LogP contribution in [-0.4, -0.2) is 30.8 Å². The second kappa shape index (κ2) is 6.71. The van der Waals surface area contributed by atoms with E-state index in [9.17, 15) is 22.8 Å². The molecule has 0 bridgehead atoms. The average Bonchev–Trinajstić information content (AvgIpc) is 2.28. The van der Waals surface area contributed by atoms with Crippen molar-refractivity contribution >= 4 is 11.8 Å². The van der Waals surface area contributed by atoms with Crippen molar-refractivity contribution in [1.29, 1.82) is 0 Å². The highest BCUT2D eigenvalue weighted by atomic mass is 19.4. The van der Waals surface area contributed by atoms with Crippen LogP contribution in [0, 0.1) is 5.92 Å². The van der Waals surface area contributed by atoms with Crippen LogP contribution in [0.4, 0.5) is 13.2 Å². The summed E-state index contributed by atoms with van der Waals surface area (Å²) >= 11 is 0. The number of nitrogens with one attached hydrogen (secondary N) is 2. The fraction of sp³-hybridized carbons (Fsp3) is 0.636. The lowest BCUT2D eigenvalue weighted by atomic mass is 9.82. The Morgan fingerprint density at radius 3 is 2.40 bits per heavy atom. The van der Waals surface area contributed by atoms with Crippen molar-refractivity contribution < 1.29 is 27.5 Å². The van der Waals surface area contributed by atoms with E-state index in [1.807, 2.05) is 0 Å². The maximum Gasteiger partial charge on any atom is 0.522 e. The van der Waals surface area contributed by atoms with Crippen molar-refractivity contribution in [1.82, 2.24) is 10.9 Å². The first-order valence-corrected chi connectivity index (χ1v) is 5.95. The number of carbonyl (C=O) groups excluding carboxylic acids is 2. The first kappa shape index (κ1) is 16.4. The van der Waals surface area contributed by atoms with E-state index in [1.54, 1.807) is 0 Å². The maximum atomic E-state index is 11.9. The lowest BCUT2D eigenvalue weighted by Crippen LogP contribution is -2.50. The average molecular weight is 295 g/mol. The van der Waals surface area contributed by atoms with Gasteiger partial charge < -0.3 is 5.73 Å². The highest BCUT2D eigenvalue weighted by Crippen LogP contribution is 2.34. The Bertz CT molecular complexity index is 392. The number of ether oxygens (including phenoxy) is 1. The molecule has 9 heteroatoms. The minimum atomic E-state index is -4.69. The molecule has 0 heterocycles. The summed E-state index contributed by atoms with van der Waals surface area (Å²) < 4.78 is 39.4. The van der Waals surface area contributed by atoms with Gasteiger partial charge in [0.15, 0.2) is 0 Å². The minimum Gasteiger partial charge on any atom is -0.330 e. The molecule has 2 amide bonds. The molecule has 0 spiro atoms. The second-order valence-corrected chi connectivity index (χ2v) is 4.44. The molecule has 0 aromatic rings. The Morgan fingerprint density at radius 1 is 1.30 bits per heavy atom. The first-order chi connectivity index (χ1) is 9.23. The highest BCUT2D eigenvalue weighted by molar-refractivity contribution is 5.94. The molecule has 1 saturated carbocycles. The molecule has 1 aliphatic carbocycles. The fourth-order valence-corrected chi connectivity index (χ4v) is 1.66. The Labute approximate surface area is 113 Å². The zero-order valence-corrected chi connectivity index (χ0v) is 10.6. The molecule has 0 aliphatic heterocycles. The molecule has 4 N–H and O–H groups in total. The summed E-state index contributed by atoms with van der Waals surface area (Å²) in [5.74, 6) is -1.74. The Kier molecular flexibility index (Phi) is 5.52. The van der Waals surface area contributed by atoms with Gasteiger partial charge in [0.05, 0.1) is 6.10 Å². The third-order valence-corrected chi connectivity index (χ3v) is 2.83. The van der Waals surface area contributed by atoms with Crippen LogP contribution in [-0.2, 0) is 14.3 Å². The Hall–Kier alpha value is -1.61.